The van der Waals surface area contributed by atoms with E-state index in [1.807, 2.05) is 13.8 Å². The summed E-state index contributed by atoms with van der Waals surface area (Å²) in [5.74, 6) is -3.89. The van der Waals surface area contributed by atoms with E-state index in [1.54, 1.807) is 74.5 Å². The fourth-order valence-corrected chi connectivity index (χ4v) is 7.65. The van der Waals surface area contributed by atoms with Crippen LogP contribution in [0.3, 0.4) is 0 Å². The molecule has 0 amide bonds. The number of benzene rings is 2. The molecule has 230 valence electrons. The molecule has 2 saturated carbocycles. The molecule has 5 rings (SSSR count). The molecule has 3 fully saturated rings. The van der Waals surface area contributed by atoms with E-state index < -0.39 is 82.8 Å². The second-order valence-corrected chi connectivity index (χ2v) is 12.5. The van der Waals surface area contributed by atoms with E-state index in [2.05, 4.69) is 0 Å². The summed E-state index contributed by atoms with van der Waals surface area (Å²) < 4.78 is 31.0. The largest absolute Gasteiger partial charge is 0.459 e. The quantitative estimate of drug-likeness (QED) is 0.388. The molecule has 10 nitrogen and oxygen atoms in total. The second kappa shape index (κ2) is 11.1. The Morgan fingerprint density at radius 1 is 0.767 bits per heavy atom. The third kappa shape index (κ3) is 4.90. The lowest BCUT2D eigenvalue weighted by atomic mass is 9.47. The van der Waals surface area contributed by atoms with E-state index in [9.17, 15) is 24.3 Å². The highest BCUT2D eigenvalue weighted by molar-refractivity contribution is 5.90. The van der Waals surface area contributed by atoms with Gasteiger partial charge >= 0.3 is 23.9 Å². The Kier molecular flexibility index (Phi) is 7.89. The monoisotopic (exact) mass is 594 g/mol. The third-order valence-electron chi connectivity index (χ3n) is 9.60. The number of fused-ring (bicyclic) bond motifs is 1. The number of esters is 4. The molecule has 0 aromatic heterocycles. The Labute approximate surface area is 250 Å². The highest BCUT2D eigenvalue weighted by Crippen LogP contribution is 2.68. The normalized spacial score (nSPS) is 35.7. The first-order valence-electron chi connectivity index (χ1n) is 14.5. The minimum Gasteiger partial charge on any atom is -0.459 e. The van der Waals surface area contributed by atoms with Crippen molar-refractivity contribution in [3.05, 3.63) is 71.8 Å². The van der Waals surface area contributed by atoms with Crippen molar-refractivity contribution in [1.82, 2.24) is 0 Å². The molecule has 9 atom stereocenters. The summed E-state index contributed by atoms with van der Waals surface area (Å²) in [5.41, 5.74) is -3.38. The van der Waals surface area contributed by atoms with Gasteiger partial charge in [0.2, 0.25) is 0 Å². The van der Waals surface area contributed by atoms with Gasteiger partial charge in [0.1, 0.15) is 23.9 Å². The van der Waals surface area contributed by atoms with Gasteiger partial charge in [-0.25, -0.2) is 9.59 Å². The van der Waals surface area contributed by atoms with Gasteiger partial charge in [-0.05, 0) is 51.5 Å². The molecule has 10 heteroatoms. The molecule has 1 spiro atoms. The molecule has 1 N–H and O–H groups in total. The van der Waals surface area contributed by atoms with Crippen molar-refractivity contribution in [1.29, 1.82) is 0 Å². The smallest absolute Gasteiger partial charge is 0.338 e. The lowest BCUT2D eigenvalue weighted by Gasteiger charge is -2.63. The van der Waals surface area contributed by atoms with Gasteiger partial charge in [-0.1, -0.05) is 43.3 Å². The van der Waals surface area contributed by atoms with E-state index >= 15 is 0 Å². The molecule has 2 aromatic carbocycles. The van der Waals surface area contributed by atoms with Crippen LogP contribution in [-0.4, -0.2) is 70.7 Å². The van der Waals surface area contributed by atoms with Crippen LogP contribution in [0, 0.1) is 17.3 Å². The first kappa shape index (κ1) is 30.7. The van der Waals surface area contributed by atoms with Crippen molar-refractivity contribution in [3.63, 3.8) is 0 Å². The van der Waals surface area contributed by atoms with Crippen LogP contribution in [0.15, 0.2) is 60.7 Å². The molecule has 3 aliphatic rings. The topological polar surface area (TPSA) is 135 Å². The van der Waals surface area contributed by atoms with E-state index in [0.717, 1.165) is 0 Å². The van der Waals surface area contributed by atoms with E-state index in [0.29, 0.717) is 5.56 Å². The zero-order chi connectivity index (χ0) is 31.3. The minimum absolute atomic E-state index is 0.177. The van der Waals surface area contributed by atoms with Crippen LogP contribution in [0.5, 0.6) is 0 Å². The van der Waals surface area contributed by atoms with Crippen LogP contribution < -0.4 is 0 Å². The second-order valence-electron chi connectivity index (χ2n) is 12.5. The number of aliphatic hydroxyl groups excluding tert-OH is 1. The highest BCUT2D eigenvalue weighted by atomic mass is 16.6. The average molecular weight is 595 g/mol. The van der Waals surface area contributed by atoms with Gasteiger partial charge < -0.3 is 28.8 Å². The Bertz CT molecular complexity index is 1390. The molecular weight excluding hydrogens is 556 g/mol. The number of aliphatic hydroxyl groups is 1. The maximum Gasteiger partial charge on any atom is 0.338 e. The molecule has 1 heterocycles. The first-order chi connectivity index (χ1) is 20.2. The maximum absolute atomic E-state index is 13.6. The van der Waals surface area contributed by atoms with Crippen molar-refractivity contribution in [2.24, 2.45) is 17.3 Å². The fraction of sp³-hybridized carbons (Fsp3) is 0.515. The summed E-state index contributed by atoms with van der Waals surface area (Å²) in [5, 5.41) is 11.8. The number of carbonyl (C=O) groups is 4. The molecule has 43 heavy (non-hydrogen) atoms. The standard InChI is InChI=1S/C33H38O10/c1-18-25(36)26(39-19(2)34)28(42-30(38)22-15-11-8-12-16-22)32(6)24(41-29(37)21-13-9-7-10-14-21)17-23-27(40-20(3)35)33(18,32)43-31(23,4)5/h7-16,18,23-28,36H,17H2,1-6H3/t18-,23+,24?,25?,26?,27?,28?,32-,33+/m0/s1. The Balaban J connectivity index is 1.71. The Hall–Kier alpha value is -3.76. The molecule has 5 unspecified atom stereocenters. The fourth-order valence-electron chi connectivity index (χ4n) is 7.65. The lowest BCUT2D eigenvalue weighted by Crippen LogP contribution is -2.79. The summed E-state index contributed by atoms with van der Waals surface area (Å²) in [6.07, 6.45) is -5.83. The number of hydrogen-bond acceptors (Lipinski definition) is 10. The van der Waals surface area contributed by atoms with Crippen LogP contribution in [0.2, 0.25) is 0 Å². The average Bonchev–Trinajstić information content (AvgIpc) is 3.14. The van der Waals surface area contributed by atoms with Crippen molar-refractivity contribution in [2.45, 2.75) is 89.7 Å². The van der Waals surface area contributed by atoms with Gasteiger partial charge in [0, 0.05) is 25.7 Å². The third-order valence-corrected chi connectivity index (χ3v) is 9.60. The molecule has 2 bridgehead atoms. The Morgan fingerprint density at radius 2 is 1.28 bits per heavy atom. The zero-order valence-electron chi connectivity index (χ0n) is 25.1. The number of carbonyl (C=O) groups excluding carboxylic acids is 4. The molecular formula is C33H38O10. The lowest BCUT2D eigenvalue weighted by molar-refractivity contribution is -0.322. The van der Waals surface area contributed by atoms with Gasteiger partial charge in [-0.15, -0.1) is 0 Å². The predicted octanol–water partition coefficient (Wildman–Crippen LogP) is 3.89. The molecule has 1 saturated heterocycles. The van der Waals surface area contributed by atoms with Crippen molar-refractivity contribution in [2.75, 3.05) is 0 Å². The van der Waals surface area contributed by atoms with Crippen molar-refractivity contribution >= 4 is 23.9 Å². The van der Waals surface area contributed by atoms with E-state index in [-0.39, 0.29) is 12.0 Å². The number of ether oxygens (including phenoxy) is 5. The van der Waals surface area contributed by atoms with Crippen LogP contribution in [0.4, 0.5) is 0 Å². The predicted molar refractivity (Wildman–Crippen MR) is 152 cm³/mol. The highest BCUT2D eigenvalue weighted by Gasteiger charge is 2.82. The van der Waals surface area contributed by atoms with E-state index in [4.69, 9.17) is 23.7 Å². The van der Waals surface area contributed by atoms with Gasteiger partial charge in [-0.3, -0.25) is 9.59 Å². The van der Waals surface area contributed by atoms with Gasteiger partial charge in [0.15, 0.2) is 12.2 Å². The molecule has 2 aromatic rings. The van der Waals surface area contributed by atoms with Crippen molar-refractivity contribution in [3.8, 4) is 0 Å². The number of hydrogen-bond donors (Lipinski definition) is 1. The summed E-state index contributed by atoms with van der Waals surface area (Å²) in [6, 6.07) is 16.7. The minimum atomic E-state index is -1.52. The summed E-state index contributed by atoms with van der Waals surface area (Å²) in [4.78, 5) is 52.1. The van der Waals surface area contributed by atoms with Crippen LogP contribution in [0.1, 0.15) is 68.7 Å². The van der Waals surface area contributed by atoms with Crippen LogP contribution >= 0.6 is 0 Å². The SMILES string of the molecule is CC(=O)OC1C(O)[C@H](C)[C@]23OC(C)(C)[C@H](CC(OC(=O)c4ccccc4)[C@@]2(C)C1OC(=O)c1ccccc1)C3OC(C)=O. The summed E-state index contributed by atoms with van der Waals surface area (Å²) in [7, 11) is 0. The van der Waals surface area contributed by atoms with Crippen molar-refractivity contribution < 1.29 is 48.0 Å². The van der Waals surface area contributed by atoms with Crippen LogP contribution in [-0.2, 0) is 33.3 Å². The zero-order valence-corrected chi connectivity index (χ0v) is 25.1. The molecule has 1 aliphatic heterocycles. The van der Waals surface area contributed by atoms with E-state index in [1.165, 1.54) is 13.8 Å². The van der Waals surface area contributed by atoms with Crippen LogP contribution in [0.25, 0.3) is 0 Å². The summed E-state index contributed by atoms with van der Waals surface area (Å²) >= 11 is 0. The maximum atomic E-state index is 13.6. The molecule has 2 aliphatic carbocycles. The van der Waals surface area contributed by atoms with Gasteiger partial charge in [0.25, 0.3) is 0 Å². The van der Waals surface area contributed by atoms with Gasteiger partial charge in [-0.2, -0.15) is 0 Å². The number of rotatable bonds is 6. The first-order valence-corrected chi connectivity index (χ1v) is 14.5. The Morgan fingerprint density at radius 3 is 1.79 bits per heavy atom. The van der Waals surface area contributed by atoms with Gasteiger partial charge in [0.05, 0.1) is 22.1 Å². The molecule has 0 radical (unpaired) electrons. The summed E-state index contributed by atoms with van der Waals surface area (Å²) in [6.45, 7) is 9.64.